The Kier molecular flexibility index (Phi) is 4.32. The van der Waals surface area contributed by atoms with Gasteiger partial charge in [0.1, 0.15) is 0 Å². The average molecular weight is 316 g/mol. The first kappa shape index (κ1) is 15.5. The van der Waals surface area contributed by atoms with E-state index in [1.165, 1.54) is 6.92 Å². The molecular formula is C14H11F3O3S. The van der Waals surface area contributed by atoms with Crippen molar-refractivity contribution < 1.29 is 27.1 Å². The lowest BCUT2D eigenvalue weighted by molar-refractivity contribution is -0.133. The third-order valence-electron chi connectivity index (χ3n) is 2.54. The van der Waals surface area contributed by atoms with Crippen molar-refractivity contribution in [1.29, 1.82) is 0 Å². The van der Waals surface area contributed by atoms with Gasteiger partial charge >= 0.3 is 11.5 Å². The van der Waals surface area contributed by atoms with E-state index in [1.807, 2.05) is 0 Å². The van der Waals surface area contributed by atoms with Crippen LogP contribution in [0.5, 0.6) is 5.95 Å². The highest BCUT2D eigenvalue weighted by Gasteiger charge is 2.34. The van der Waals surface area contributed by atoms with Gasteiger partial charge in [0.2, 0.25) is 0 Å². The summed E-state index contributed by atoms with van der Waals surface area (Å²) in [6.45, 7) is 2.57. The predicted molar refractivity (Wildman–Crippen MR) is 72.1 cm³/mol. The highest BCUT2D eigenvalue weighted by molar-refractivity contribution is 8.00. The summed E-state index contributed by atoms with van der Waals surface area (Å²) in [6, 6.07) is 8.34. The van der Waals surface area contributed by atoms with Crippen molar-refractivity contribution in [3.8, 4) is 17.3 Å². The molecule has 0 N–H and O–H groups in total. The zero-order valence-electron chi connectivity index (χ0n) is 11.2. The molecule has 1 aromatic carbocycles. The minimum atomic E-state index is -4.47. The van der Waals surface area contributed by atoms with E-state index in [0.29, 0.717) is 5.56 Å². The second-order valence-electron chi connectivity index (χ2n) is 4.18. The van der Waals surface area contributed by atoms with Crippen LogP contribution in [0.2, 0.25) is 0 Å². The van der Waals surface area contributed by atoms with Crippen LogP contribution in [-0.4, -0.2) is 11.5 Å². The van der Waals surface area contributed by atoms with Gasteiger partial charge in [0.25, 0.3) is 5.95 Å². The van der Waals surface area contributed by atoms with Crippen LogP contribution >= 0.6 is 11.8 Å². The molecule has 0 atom stereocenters. The van der Waals surface area contributed by atoms with Crippen molar-refractivity contribution in [2.24, 2.45) is 0 Å². The number of hydrogen-bond donors (Lipinski definition) is 0. The number of furan rings is 1. The van der Waals surface area contributed by atoms with Crippen LogP contribution in [-0.2, 0) is 4.79 Å². The van der Waals surface area contributed by atoms with E-state index in [4.69, 9.17) is 9.15 Å². The van der Waals surface area contributed by atoms with Gasteiger partial charge in [-0.15, -0.1) is 0 Å². The molecule has 0 aliphatic heterocycles. The lowest BCUT2D eigenvalue weighted by atomic mass is 10.1. The molecule has 0 saturated heterocycles. The fourth-order valence-corrected chi connectivity index (χ4v) is 2.44. The monoisotopic (exact) mass is 316 g/mol. The molecule has 3 nitrogen and oxygen atoms in total. The zero-order valence-corrected chi connectivity index (χ0v) is 12.0. The van der Waals surface area contributed by atoms with Crippen LogP contribution in [0.25, 0.3) is 11.3 Å². The third-order valence-corrected chi connectivity index (χ3v) is 3.47. The molecule has 1 aromatic heterocycles. The Bertz CT molecular complexity index is 647. The Morgan fingerprint density at radius 3 is 2.38 bits per heavy atom. The molecule has 21 heavy (non-hydrogen) atoms. The number of benzene rings is 1. The Morgan fingerprint density at radius 1 is 1.24 bits per heavy atom. The second kappa shape index (κ2) is 5.85. The van der Waals surface area contributed by atoms with Crippen molar-refractivity contribution >= 4 is 17.7 Å². The number of halogens is 3. The van der Waals surface area contributed by atoms with E-state index in [2.05, 4.69) is 0 Å². The summed E-state index contributed by atoms with van der Waals surface area (Å²) in [5.74, 6) is -0.838. The fourth-order valence-electron chi connectivity index (χ4n) is 1.72. The van der Waals surface area contributed by atoms with Gasteiger partial charge < -0.3 is 9.15 Å². The largest absolute Gasteiger partial charge is 0.446 e. The number of alkyl halides is 3. The number of hydrogen-bond acceptors (Lipinski definition) is 4. The van der Waals surface area contributed by atoms with Crippen molar-refractivity contribution in [3.05, 3.63) is 35.9 Å². The zero-order chi connectivity index (χ0) is 15.6. The van der Waals surface area contributed by atoms with Gasteiger partial charge in [-0.2, -0.15) is 13.2 Å². The number of carbonyl (C=O) groups excluding carboxylic acids is 1. The summed E-state index contributed by atoms with van der Waals surface area (Å²) in [5, 5.41) is 0. The predicted octanol–water partition coefficient (Wildman–Crippen LogP) is 4.79. The molecule has 112 valence electrons. The summed E-state index contributed by atoms with van der Waals surface area (Å²) >= 11 is -0.288. The molecule has 0 saturated carbocycles. The summed E-state index contributed by atoms with van der Waals surface area (Å²) in [5.41, 5.74) is -3.84. The van der Waals surface area contributed by atoms with Gasteiger partial charge in [0.05, 0.1) is 4.90 Å². The first-order valence-electron chi connectivity index (χ1n) is 5.91. The Morgan fingerprint density at radius 2 is 1.86 bits per heavy atom. The van der Waals surface area contributed by atoms with Crippen molar-refractivity contribution in [1.82, 2.24) is 0 Å². The molecule has 0 aliphatic rings. The third kappa shape index (κ3) is 3.81. The Balaban J connectivity index is 2.54. The molecule has 0 aliphatic carbocycles. The molecule has 2 aromatic rings. The highest BCUT2D eigenvalue weighted by Crippen LogP contribution is 2.47. The SMILES string of the molecule is CC(=O)Oc1oc(-c2ccccc2)c(SC(F)(F)F)c1C. The van der Waals surface area contributed by atoms with Crippen LogP contribution < -0.4 is 4.74 Å². The normalized spacial score (nSPS) is 11.5. The van der Waals surface area contributed by atoms with Gasteiger partial charge in [-0.25, -0.2) is 0 Å². The quantitative estimate of drug-likeness (QED) is 0.603. The van der Waals surface area contributed by atoms with E-state index in [-0.39, 0.29) is 33.9 Å². The Hall–Kier alpha value is -1.89. The van der Waals surface area contributed by atoms with Gasteiger partial charge in [-0.05, 0) is 18.7 Å². The standard InChI is InChI=1S/C14H11F3O3S/c1-8-12(21-14(15,16)17)11(10-6-4-3-5-7-10)20-13(8)19-9(2)18/h3-7H,1-2H3. The van der Waals surface area contributed by atoms with Crippen LogP contribution in [0, 0.1) is 6.92 Å². The van der Waals surface area contributed by atoms with E-state index in [1.54, 1.807) is 30.3 Å². The van der Waals surface area contributed by atoms with Crippen molar-refractivity contribution in [2.75, 3.05) is 0 Å². The number of carbonyl (C=O) groups is 1. The van der Waals surface area contributed by atoms with Crippen LogP contribution in [0.15, 0.2) is 39.6 Å². The number of thioether (sulfide) groups is 1. The molecule has 0 fully saturated rings. The highest BCUT2D eigenvalue weighted by atomic mass is 32.2. The number of ether oxygens (including phenoxy) is 1. The van der Waals surface area contributed by atoms with Crippen LogP contribution in [0.4, 0.5) is 13.2 Å². The van der Waals surface area contributed by atoms with E-state index >= 15 is 0 Å². The molecule has 7 heteroatoms. The first-order valence-corrected chi connectivity index (χ1v) is 6.72. The molecule has 0 unspecified atom stereocenters. The lowest BCUT2D eigenvalue weighted by Crippen LogP contribution is -2.02. The minimum Gasteiger partial charge on any atom is -0.424 e. The van der Waals surface area contributed by atoms with Crippen molar-refractivity contribution in [3.63, 3.8) is 0 Å². The van der Waals surface area contributed by atoms with Crippen LogP contribution in [0.3, 0.4) is 0 Å². The van der Waals surface area contributed by atoms with Gasteiger partial charge in [0, 0.05) is 18.1 Å². The van der Waals surface area contributed by atoms with Crippen molar-refractivity contribution in [2.45, 2.75) is 24.3 Å². The minimum absolute atomic E-state index is 0.0340. The molecule has 0 bridgehead atoms. The van der Waals surface area contributed by atoms with E-state index in [0.717, 1.165) is 6.92 Å². The maximum Gasteiger partial charge on any atom is 0.446 e. The Labute approximate surface area is 123 Å². The summed E-state index contributed by atoms with van der Waals surface area (Å²) < 4.78 is 48.2. The molecular weight excluding hydrogens is 305 g/mol. The average Bonchev–Trinajstić information content (AvgIpc) is 2.66. The number of esters is 1. The summed E-state index contributed by atoms with van der Waals surface area (Å²) in [6.07, 6.45) is 0. The molecule has 0 amide bonds. The van der Waals surface area contributed by atoms with Gasteiger partial charge in [0.15, 0.2) is 5.76 Å². The molecule has 2 rings (SSSR count). The smallest absolute Gasteiger partial charge is 0.424 e. The maximum absolute atomic E-state index is 12.7. The molecule has 0 spiro atoms. The first-order chi connectivity index (χ1) is 9.78. The summed E-state index contributed by atoms with van der Waals surface area (Å²) in [7, 11) is 0. The molecule has 1 heterocycles. The topological polar surface area (TPSA) is 39.4 Å². The van der Waals surface area contributed by atoms with E-state index in [9.17, 15) is 18.0 Å². The second-order valence-corrected chi connectivity index (χ2v) is 5.26. The van der Waals surface area contributed by atoms with Gasteiger partial charge in [-0.1, -0.05) is 30.3 Å². The van der Waals surface area contributed by atoms with Gasteiger partial charge in [-0.3, -0.25) is 4.79 Å². The lowest BCUT2D eigenvalue weighted by Gasteiger charge is -2.06. The number of rotatable bonds is 3. The fraction of sp³-hybridized carbons (Fsp3) is 0.214. The van der Waals surface area contributed by atoms with Crippen LogP contribution in [0.1, 0.15) is 12.5 Å². The van der Waals surface area contributed by atoms with E-state index < -0.39 is 11.5 Å². The maximum atomic E-state index is 12.7. The molecule has 0 radical (unpaired) electrons. The summed E-state index contributed by atoms with van der Waals surface area (Å²) in [4.78, 5) is 10.9.